The molecule has 0 N–H and O–H groups in total. The molecular formula is C23H34N2O7. The smallest absolute Gasteiger partial charge is 0.310 e. The fourth-order valence-corrected chi connectivity index (χ4v) is 3.77. The molecule has 0 saturated carbocycles. The Bertz CT molecular complexity index is 787. The summed E-state index contributed by atoms with van der Waals surface area (Å²) < 4.78 is 21.1. The summed E-state index contributed by atoms with van der Waals surface area (Å²) >= 11 is 0. The van der Waals surface area contributed by atoms with Crippen molar-refractivity contribution < 1.29 is 33.3 Å². The molecule has 1 aliphatic heterocycles. The van der Waals surface area contributed by atoms with Crippen LogP contribution in [0.5, 0.6) is 17.2 Å². The number of methoxy groups -OCH3 is 3. The van der Waals surface area contributed by atoms with Crippen LogP contribution in [0.2, 0.25) is 0 Å². The SMILES string of the molecule is CCOC(=O)C1CCCN(C(=O)CN(C)C(=O)CCc2cc(OC)c(OC)c(OC)c2)C1. The number of likely N-dealkylation sites (N-methyl/N-ethyl adjacent to an activating group) is 1. The van der Waals surface area contributed by atoms with Crippen molar-refractivity contribution in [2.45, 2.75) is 32.6 Å². The average Bonchev–Trinajstić information content (AvgIpc) is 2.81. The number of benzene rings is 1. The van der Waals surface area contributed by atoms with Gasteiger partial charge in [-0.1, -0.05) is 0 Å². The van der Waals surface area contributed by atoms with Crippen molar-refractivity contribution in [3.8, 4) is 17.2 Å². The van der Waals surface area contributed by atoms with E-state index < -0.39 is 0 Å². The Labute approximate surface area is 189 Å². The highest BCUT2D eigenvalue weighted by atomic mass is 16.5. The summed E-state index contributed by atoms with van der Waals surface area (Å²) in [5, 5.41) is 0. The summed E-state index contributed by atoms with van der Waals surface area (Å²) in [4.78, 5) is 40.4. The van der Waals surface area contributed by atoms with Gasteiger partial charge in [0.1, 0.15) is 0 Å². The Kier molecular flexibility index (Phi) is 9.61. The number of carbonyl (C=O) groups is 3. The van der Waals surface area contributed by atoms with Crippen LogP contribution in [0.1, 0.15) is 31.7 Å². The van der Waals surface area contributed by atoms with E-state index in [1.54, 1.807) is 33.1 Å². The largest absolute Gasteiger partial charge is 0.493 e. The summed E-state index contributed by atoms with van der Waals surface area (Å²) in [5.74, 6) is 0.677. The summed E-state index contributed by atoms with van der Waals surface area (Å²) in [6, 6.07) is 3.62. The Morgan fingerprint density at radius 2 is 1.75 bits per heavy atom. The van der Waals surface area contributed by atoms with Crippen LogP contribution in [0.4, 0.5) is 0 Å². The van der Waals surface area contributed by atoms with Crippen LogP contribution in [0.15, 0.2) is 12.1 Å². The van der Waals surface area contributed by atoms with Gasteiger partial charge >= 0.3 is 5.97 Å². The molecule has 9 nitrogen and oxygen atoms in total. The van der Waals surface area contributed by atoms with Gasteiger partial charge < -0.3 is 28.7 Å². The van der Waals surface area contributed by atoms with Crippen LogP contribution < -0.4 is 14.2 Å². The second-order valence-electron chi connectivity index (χ2n) is 7.71. The predicted octanol–water partition coefficient (Wildman–Crippen LogP) is 1.91. The number of aryl methyl sites for hydroxylation is 1. The zero-order valence-corrected chi connectivity index (χ0v) is 19.6. The van der Waals surface area contributed by atoms with Gasteiger partial charge in [-0.15, -0.1) is 0 Å². The van der Waals surface area contributed by atoms with Gasteiger partial charge in [-0.25, -0.2) is 0 Å². The average molecular weight is 451 g/mol. The highest BCUT2D eigenvalue weighted by molar-refractivity contribution is 5.85. The standard InChI is InChI=1S/C23H34N2O7/c1-6-32-23(28)17-8-7-11-25(14-17)21(27)15-24(2)20(26)10-9-16-12-18(29-3)22(31-5)19(13-16)30-4/h12-13,17H,6-11,14-15H2,1-5H3. The van der Waals surface area contributed by atoms with Crippen molar-refractivity contribution in [1.82, 2.24) is 9.80 Å². The van der Waals surface area contributed by atoms with Crippen LogP contribution in [-0.4, -0.2) is 82.2 Å². The maximum absolute atomic E-state index is 12.7. The Hall–Kier alpha value is -2.97. The first kappa shape index (κ1) is 25.3. The number of hydrogen-bond acceptors (Lipinski definition) is 7. The lowest BCUT2D eigenvalue weighted by molar-refractivity contribution is -0.152. The molecule has 9 heteroatoms. The Morgan fingerprint density at radius 1 is 1.09 bits per heavy atom. The van der Waals surface area contributed by atoms with Crippen molar-refractivity contribution in [1.29, 1.82) is 0 Å². The number of rotatable bonds is 10. The molecule has 2 amide bonds. The van der Waals surface area contributed by atoms with Gasteiger partial charge in [-0.3, -0.25) is 14.4 Å². The molecule has 1 unspecified atom stereocenters. The number of amides is 2. The summed E-state index contributed by atoms with van der Waals surface area (Å²) in [7, 11) is 6.23. The van der Waals surface area contributed by atoms with Gasteiger partial charge in [0.25, 0.3) is 0 Å². The maximum Gasteiger partial charge on any atom is 0.310 e. The molecule has 2 rings (SSSR count). The molecule has 0 radical (unpaired) electrons. The molecule has 1 fully saturated rings. The van der Waals surface area contributed by atoms with Crippen molar-refractivity contribution >= 4 is 17.8 Å². The number of piperidine rings is 1. The lowest BCUT2D eigenvalue weighted by atomic mass is 9.98. The van der Waals surface area contributed by atoms with Crippen LogP contribution in [-0.2, 0) is 25.5 Å². The van der Waals surface area contributed by atoms with Crippen LogP contribution >= 0.6 is 0 Å². The van der Waals surface area contributed by atoms with Crippen molar-refractivity contribution in [3.05, 3.63) is 17.7 Å². The molecule has 1 heterocycles. The Balaban J connectivity index is 1.91. The van der Waals surface area contributed by atoms with E-state index in [1.807, 2.05) is 12.1 Å². The van der Waals surface area contributed by atoms with Gasteiger partial charge in [-0.2, -0.15) is 0 Å². The fraction of sp³-hybridized carbons (Fsp3) is 0.609. The highest BCUT2D eigenvalue weighted by Gasteiger charge is 2.30. The minimum Gasteiger partial charge on any atom is -0.493 e. The zero-order chi connectivity index (χ0) is 23.7. The normalized spacial score (nSPS) is 15.7. The van der Waals surface area contributed by atoms with E-state index in [-0.39, 0.29) is 36.7 Å². The molecule has 1 saturated heterocycles. The molecule has 178 valence electrons. The zero-order valence-electron chi connectivity index (χ0n) is 19.6. The molecule has 0 spiro atoms. The second kappa shape index (κ2) is 12.2. The lowest BCUT2D eigenvalue weighted by Gasteiger charge is -2.32. The van der Waals surface area contributed by atoms with E-state index in [9.17, 15) is 14.4 Å². The molecule has 1 aliphatic rings. The molecule has 0 bridgehead atoms. The molecule has 32 heavy (non-hydrogen) atoms. The minimum atomic E-state index is -0.298. The molecule has 1 aromatic rings. The molecule has 1 aromatic carbocycles. The number of esters is 1. The van der Waals surface area contributed by atoms with E-state index >= 15 is 0 Å². The van der Waals surface area contributed by atoms with Crippen molar-refractivity contribution in [2.75, 3.05) is 54.6 Å². The monoisotopic (exact) mass is 450 g/mol. The maximum atomic E-state index is 12.7. The van der Waals surface area contributed by atoms with E-state index in [2.05, 4.69) is 0 Å². The van der Waals surface area contributed by atoms with Gasteiger partial charge in [-0.05, 0) is 43.9 Å². The van der Waals surface area contributed by atoms with E-state index in [0.717, 1.165) is 12.0 Å². The van der Waals surface area contributed by atoms with Crippen molar-refractivity contribution in [2.24, 2.45) is 5.92 Å². The number of likely N-dealkylation sites (tertiary alicyclic amines) is 1. The van der Waals surface area contributed by atoms with E-state index in [0.29, 0.717) is 49.8 Å². The quantitative estimate of drug-likeness (QED) is 0.503. The molecule has 0 aromatic heterocycles. The minimum absolute atomic E-state index is 0.0242. The summed E-state index contributed by atoms with van der Waals surface area (Å²) in [6.07, 6.45) is 2.15. The summed E-state index contributed by atoms with van der Waals surface area (Å²) in [5.41, 5.74) is 0.862. The van der Waals surface area contributed by atoms with Gasteiger partial charge in [0.15, 0.2) is 11.5 Å². The molecular weight excluding hydrogens is 416 g/mol. The second-order valence-corrected chi connectivity index (χ2v) is 7.71. The number of nitrogens with zero attached hydrogens (tertiary/aromatic N) is 2. The predicted molar refractivity (Wildman–Crippen MR) is 118 cm³/mol. The van der Waals surface area contributed by atoms with Gasteiger partial charge in [0, 0.05) is 26.6 Å². The Morgan fingerprint density at radius 3 is 2.31 bits per heavy atom. The van der Waals surface area contributed by atoms with E-state index in [4.69, 9.17) is 18.9 Å². The van der Waals surface area contributed by atoms with Gasteiger partial charge in [0.05, 0.1) is 40.4 Å². The first-order valence-corrected chi connectivity index (χ1v) is 10.8. The lowest BCUT2D eigenvalue weighted by Crippen LogP contribution is -2.47. The number of carbonyl (C=O) groups excluding carboxylic acids is 3. The number of hydrogen-bond donors (Lipinski definition) is 0. The van der Waals surface area contributed by atoms with Crippen LogP contribution in [0.3, 0.4) is 0 Å². The van der Waals surface area contributed by atoms with Gasteiger partial charge in [0.2, 0.25) is 17.6 Å². The topological polar surface area (TPSA) is 94.6 Å². The third-order valence-electron chi connectivity index (χ3n) is 5.54. The summed E-state index contributed by atoms with van der Waals surface area (Å²) in [6.45, 7) is 2.99. The first-order valence-electron chi connectivity index (χ1n) is 10.8. The fourth-order valence-electron chi connectivity index (χ4n) is 3.77. The van der Waals surface area contributed by atoms with Crippen molar-refractivity contribution in [3.63, 3.8) is 0 Å². The third kappa shape index (κ3) is 6.51. The first-order chi connectivity index (χ1) is 15.3. The van der Waals surface area contributed by atoms with E-state index in [1.165, 1.54) is 12.0 Å². The van der Waals surface area contributed by atoms with Crippen LogP contribution in [0, 0.1) is 5.92 Å². The molecule has 1 atom stereocenters. The highest BCUT2D eigenvalue weighted by Crippen LogP contribution is 2.38. The number of ether oxygens (including phenoxy) is 4. The van der Waals surface area contributed by atoms with Crippen LogP contribution in [0.25, 0.3) is 0 Å². The molecule has 0 aliphatic carbocycles. The third-order valence-corrected chi connectivity index (χ3v) is 5.54.